The molecule has 1 aliphatic heterocycles. The van der Waals surface area contributed by atoms with Crippen molar-refractivity contribution in [2.45, 2.75) is 13.0 Å². The largest absolute Gasteiger partial charge is 0.617 e. The molecule has 1 fully saturated rings. The van der Waals surface area contributed by atoms with Gasteiger partial charge in [0.2, 0.25) is 0 Å². The zero-order valence-electron chi connectivity index (χ0n) is 5.60. The van der Waals surface area contributed by atoms with Gasteiger partial charge in [-0.2, -0.15) is 0 Å². The maximum absolute atomic E-state index is 9.56. The molecule has 0 bridgehead atoms. The molecule has 1 heterocycles. The van der Waals surface area contributed by atoms with Crippen LogP contribution in [0, 0.1) is 0 Å². The summed E-state index contributed by atoms with van der Waals surface area (Å²) in [7, 11) is 0. The highest BCUT2D eigenvalue weighted by Crippen LogP contribution is 1.88. The molecular formula is C5H13NOS. The summed E-state index contributed by atoms with van der Waals surface area (Å²) in [5.74, 6) is 0. The fraction of sp³-hybridized carbons (Fsp3) is 1.00. The van der Waals surface area contributed by atoms with Crippen LogP contribution in [-0.2, 0) is 11.2 Å². The lowest BCUT2D eigenvalue weighted by atomic mass is 10.6. The Balaban J connectivity index is 0.000000122. The van der Waals surface area contributed by atoms with Gasteiger partial charge in [-0.05, 0) is 6.92 Å². The van der Waals surface area contributed by atoms with E-state index in [0.29, 0.717) is 0 Å². The number of hydrogen-bond donors (Lipinski definition) is 1. The van der Waals surface area contributed by atoms with E-state index in [9.17, 15) is 4.55 Å². The standard InChI is InChI=1S/C3H7N.C2H6OS/c1-3-2-4-3;1-4(2)3/h3-4H,2H2,1H3;1-2H3. The van der Waals surface area contributed by atoms with E-state index in [-0.39, 0.29) is 0 Å². The third-order valence-electron chi connectivity index (χ3n) is 0.612. The summed E-state index contributed by atoms with van der Waals surface area (Å²) in [5, 5.41) is 3.10. The smallest absolute Gasteiger partial charge is 0.0946 e. The molecule has 1 saturated heterocycles. The Hall–Kier alpha value is 0.270. The predicted molar refractivity (Wildman–Crippen MR) is 37.5 cm³/mol. The lowest BCUT2D eigenvalue weighted by molar-refractivity contribution is 0.606. The van der Waals surface area contributed by atoms with Crippen LogP contribution < -0.4 is 5.32 Å². The van der Waals surface area contributed by atoms with Gasteiger partial charge in [0.1, 0.15) is 0 Å². The van der Waals surface area contributed by atoms with Crippen molar-refractivity contribution in [3.05, 3.63) is 0 Å². The highest BCUT2D eigenvalue weighted by molar-refractivity contribution is 7.89. The van der Waals surface area contributed by atoms with Crippen molar-refractivity contribution in [3.63, 3.8) is 0 Å². The maximum Gasteiger partial charge on any atom is 0.0946 e. The summed E-state index contributed by atoms with van der Waals surface area (Å²) in [6, 6.07) is 0.833. The van der Waals surface area contributed by atoms with Crippen LogP contribution in [0.15, 0.2) is 0 Å². The van der Waals surface area contributed by atoms with Crippen LogP contribution in [0.1, 0.15) is 6.92 Å². The predicted octanol–water partition coefficient (Wildman–Crippen LogP) is -0.0272. The third-order valence-corrected chi connectivity index (χ3v) is 0.612. The Morgan fingerprint density at radius 2 is 1.75 bits per heavy atom. The van der Waals surface area contributed by atoms with Crippen LogP contribution in [0.5, 0.6) is 0 Å². The maximum atomic E-state index is 9.56. The van der Waals surface area contributed by atoms with Gasteiger partial charge >= 0.3 is 0 Å². The molecular weight excluding hydrogens is 122 g/mol. The zero-order chi connectivity index (χ0) is 6.57. The molecule has 0 aromatic heterocycles. The van der Waals surface area contributed by atoms with E-state index >= 15 is 0 Å². The van der Waals surface area contributed by atoms with E-state index in [1.807, 2.05) is 0 Å². The Kier molecular flexibility index (Phi) is 4.32. The normalized spacial score (nSPS) is 24.4. The van der Waals surface area contributed by atoms with Crippen molar-refractivity contribution < 1.29 is 4.55 Å². The van der Waals surface area contributed by atoms with Crippen molar-refractivity contribution in [3.8, 4) is 0 Å². The average Bonchev–Trinajstić information content (AvgIpc) is 2.19. The van der Waals surface area contributed by atoms with E-state index in [4.69, 9.17) is 0 Å². The SMILES string of the molecule is CC1CN1.C[S+](C)[O-]. The first-order chi connectivity index (χ1) is 3.63. The number of nitrogens with one attached hydrogen (secondary N) is 1. The lowest BCUT2D eigenvalue weighted by Gasteiger charge is -1.87. The zero-order valence-corrected chi connectivity index (χ0v) is 6.42. The van der Waals surface area contributed by atoms with Gasteiger partial charge in [0.05, 0.1) is 12.5 Å². The molecule has 1 atom stereocenters. The summed E-state index contributed by atoms with van der Waals surface area (Å²) < 4.78 is 9.56. The number of rotatable bonds is 0. The first-order valence-electron chi connectivity index (χ1n) is 2.61. The van der Waals surface area contributed by atoms with Crippen molar-refractivity contribution in [2.24, 2.45) is 0 Å². The molecule has 0 aromatic carbocycles. The van der Waals surface area contributed by atoms with Crippen LogP contribution in [0.3, 0.4) is 0 Å². The van der Waals surface area contributed by atoms with Gasteiger partial charge < -0.3 is 9.87 Å². The van der Waals surface area contributed by atoms with Gasteiger partial charge in [0.15, 0.2) is 0 Å². The van der Waals surface area contributed by atoms with Crippen LogP contribution in [0.2, 0.25) is 0 Å². The van der Waals surface area contributed by atoms with E-state index in [2.05, 4.69) is 12.2 Å². The molecule has 0 radical (unpaired) electrons. The van der Waals surface area contributed by atoms with E-state index in [1.165, 1.54) is 6.54 Å². The summed E-state index contributed by atoms with van der Waals surface area (Å²) in [6.45, 7) is 3.40. The Bertz CT molecular complexity index is 51.6. The Morgan fingerprint density at radius 1 is 1.62 bits per heavy atom. The van der Waals surface area contributed by atoms with Gasteiger partial charge in [-0.25, -0.2) is 0 Å². The minimum Gasteiger partial charge on any atom is -0.617 e. The van der Waals surface area contributed by atoms with Gasteiger partial charge in [0.25, 0.3) is 0 Å². The second kappa shape index (κ2) is 4.18. The molecule has 1 N–H and O–H groups in total. The molecule has 2 nitrogen and oxygen atoms in total. The molecule has 1 rings (SSSR count). The monoisotopic (exact) mass is 135 g/mol. The average molecular weight is 135 g/mol. The number of hydrogen-bond acceptors (Lipinski definition) is 2. The topological polar surface area (TPSA) is 45.0 Å². The molecule has 1 unspecified atom stereocenters. The van der Waals surface area contributed by atoms with Crippen molar-refractivity contribution in [2.75, 3.05) is 19.1 Å². The molecule has 1 aliphatic rings. The first kappa shape index (κ1) is 8.27. The molecule has 0 spiro atoms. The van der Waals surface area contributed by atoms with Crippen LogP contribution >= 0.6 is 0 Å². The second-order valence-electron chi connectivity index (χ2n) is 2.05. The quantitative estimate of drug-likeness (QED) is 0.374. The van der Waals surface area contributed by atoms with Crippen molar-refractivity contribution in [1.29, 1.82) is 0 Å². The summed E-state index contributed by atoms with van der Waals surface area (Å²) in [6.07, 6.45) is 3.28. The molecule has 3 heteroatoms. The Labute approximate surface area is 53.8 Å². The van der Waals surface area contributed by atoms with Crippen molar-refractivity contribution in [1.82, 2.24) is 5.32 Å². The lowest BCUT2D eigenvalue weighted by Crippen LogP contribution is -1.86. The van der Waals surface area contributed by atoms with Gasteiger partial charge in [-0.3, -0.25) is 0 Å². The fourth-order valence-corrected chi connectivity index (χ4v) is 0.118. The summed E-state index contributed by atoms with van der Waals surface area (Å²) in [5.41, 5.74) is 0. The minimum atomic E-state index is -0.611. The minimum absolute atomic E-state index is 0.611. The van der Waals surface area contributed by atoms with Crippen LogP contribution in [-0.4, -0.2) is 29.7 Å². The summed E-state index contributed by atoms with van der Waals surface area (Å²) >= 11 is -0.611. The molecule has 0 saturated carbocycles. The van der Waals surface area contributed by atoms with Crippen LogP contribution in [0.4, 0.5) is 0 Å². The fourth-order valence-electron chi connectivity index (χ4n) is 0.118. The summed E-state index contributed by atoms with van der Waals surface area (Å²) in [4.78, 5) is 0. The molecule has 0 amide bonds. The molecule has 8 heavy (non-hydrogen) atoms. The van der Waals surface area contributed by atoms with Gasteiger partial charge in [0, 0.05) is 12.6 Å². The van der Waals surface area contributed by atoms with Gasteiger partial charge in [-0.15, -0.1) is 0 Å². The molecule has 50 valence electrons. The second-order valence-corrected chi connectivity index (χ2v) is 3.53. The van der Waals surface area contributed by atoms with E-state index < -0.39 is 11.2 Å². The van der Waals surface area contributed by atoms with Crippen LogP contribution in [0.25, 0.3) is 0 Å². The highest BCUT2D eigenvalue weighted by Gasteiger charge is 2.10. The van der Waals surface area contributed by atoms with Gasteiger partial charge in [-0.1, -0.05) is 11.2 Å². The van der Waals surface area contributed by atoms with E-state index in [0.717, 1.165) is 6.04 Å². The molecule has 0 aromatic rings. The molecule has 0 aliphatic carbocycles. The van der Waals surface area contributed by atoms with E-state index in [1.54, 1.807) is 12.5 Å². The Morgan fingerprint density at radius 3 is 1.75 bits per heavy atom. The highest BCUT2D eigenvalue weighted by atomic mass is 32.2. The van der Waals surface area contributed by atoms with Crippen molar-refractivity contribution >= 4 is 11.2 Å². The third kappa shape index (κ3) is 16.3. The first-order valence-corrected chi connectivity index (χ1v) is 4.58.